The van der Waals surface area contributed by atoms with Crippen molar-refractivity contribution in [2.75, 3.05) is 26.7 Å². The van der Waals surface area contributed by atoms with E-state index in [-0.39, 0.29) is 19.0 Å². The van der Waals surface area contributed by atoms with E-state index < -0.39 is 15.5 Å². The van der Waals surface area contributed by atoms with Crippen LogP contribution >= 0.6 is 0 Å². The van der Waals surface area contributed by atoms with Crippen molar-refractivity contribution in [2.24, 2.45) is 16.3 Å². The Kier molecular flexibility index (Phi) is 7.05. The molecule has 0 atom stereocenters. The third-order valence-electron chi connectivity index (χ3n) is 5.67. The number of hydrogen-bond acceptors (Lipinski definition) is 3. The summed E-state index contributed by atoms with van der Waals surface area (Å²) in [6, 6.07) is 0.378. The van der Waals surface area contributed by atoms with Gasteiger partial charge < -0.3 is 10.6 Å². The molecule has 1 heterocycles. The molecule has 0 amide bonds. The van der Waals surface area contributed by atoms with Crippen molar-refractivity contribution in [1.29, 1.82) is 0 Å². The standard InChI is InChI=1S/C17H31F3N4O2S/c1-16(2)8-4-14(5-9-16)23-15(21-3)22-12-13-6-10-24(11-7-13)27(25,26)17(18,19)20/h13-14H,4-12H2,1-3H3,(H2,21,22,23). The highest BCUT2D eigenvalue weighted by atomic mass is 32.2. The molecule has 1 aliphatic heterocycles. The number of alkyl halides is 3. The van der Waals surface area contributed by atoms with Crippen molar-refractivity contribution in [1.82, 2.24) is 14.9 Å². The Labute approximate surface area is 160 Å². The summed E-state index contributed by atoms with van der Waals surface area (Å²) in [6.07, 6.45) is 5.29. The van der Waals surface area contributed by atoms with Crippen LogP contribution < -0.4 is 10.6 Å². The fourth-order valence-electron chi connectivity index (χ4n) is 3.67. The van der Waals surface area contributed by atoms with E-state index in [9.17, 15) is 21.6 Å². The first-order valence-corrected chi connectivity index (χ1v) is 10.9. The minimum absolute atomic E-state index is 0.0993. The second kappa shape index (κ2) is 8.55. The molecule has 0 radical (unpaired) electrons. The summed E-state index contributed by atoms with van der Waals surface area (Å²) < 4.78 is 61.3. The van der Waals surface area contributed by atoms with Gasteiger partial charge >= 0.3 is 15.5 Å². The number of aliphatic imine (C=N–C) groups is 1. The summed E-state index contributed by atoms with van der Waals surface area (Å²) >= 11 is 0. The van der Waals surface area contributed by atoms with Gasteiger partial charge in [-0.3, -0.25) is 4.99 Å². The maximum absolute atomic E-state index is 12.6. The fraction of sp³-hybridized carbons (Fsp3) is 0.941. The zero-order valence-corrected chi connectivity index (χ0v) is 17.1. The van der Waals surface area contributed by atoms with Crippen LogP contribution in [0.25, 0.3) is 0 Å². The van der Waals surface area contributed by atoms with E-state index in [1.54, 1.807) is 7.05 Å². The second-order valence-corrected chi connectivity index (χ2v) is 10.3. The maximum atomic E-state index is 12.6. The molecule has 0 spiro atoms. The molecule has 10 heteroatoms. The molecule has 27 heavy (non-hydrogen) atoms. The number of sulfonamides is 1. The third kappa shape index (κ3) is 5.97. The molecule has 2 N–H and O–H groups in total. The van der Waals surface area contributed by atoms with E-state index in [1.807, 2.05) is 0 Å². The van der Waals surface area contributed by atoms with Gasteiger partial charge in [0.05, 0.1) is 0 Å². The Balaban J connectivity index is 1.75. The Hall–Kier alpha value is -1.03. The molecule has 6 nitrogen and oxygen atoms in total. The highest BCUT2D eigenvalue weighted by Gasteiger charge is 2.50. The second-order valence-electron chi connectivity index (χ2n) is 8.33. The van der Waals surface area contributed by atoms with Gasteiger partial charge in [0, 0.05) is 32.7 Å². The van der Waals surface area contributed by atoms with Gasteiger partial charge in [-0.05, 0) is 49.9 Å². The highest BCUT2D eigenvalue weighted by Crippen LogP contribution is 2.35. The first kappa shape index (κ1) is 22.3. The Morgan fingerprint density at radius 1 is 1.15 bits per heavy atom. The smallest absolute Gasteiger partial charge is 0.356 e. The lowest BCUT2D eigenvalue weighted by molar-refractivity contribution is -0.0496. The highest BCUT2D eigenvalue weighted by molar-refractivity contribution is 7.90. The molecule has 2 fully saturated rings. The third-order valence-corrected chi connectivity index (χ3v) is 7.30. The average Bonchev–Trinajstić information content (AvgIpc) is 2.59. The fourth-order valence-corrected chi connectivity index (χ4v) is 4.66. The normalized spacial score (nSPS) is 24.0. The van der Waals surface area contributed by atoms with Gasteiger partial charge in [0.1, 0.15) is 0 Å². The maximum Gasteiger partial charge on any atom is 0.511 e. The van der Waals surface area contributed by atoms with Gasteiger partial charge in [-0.15, -0.1) is 0 Å². The summed E-state index contributed by atoms with van der Waals surface area (Å²) in [5.74, 6) is 0.818. The van der Waals surface area contributed by atoms with E-state index >= 15 is 0 Å². The Morgan fingerprint density at radius 2 is 1.70 bits per heavy atom. The molecule has 1 aliphatic carbocycles. The number of piperidine rings is 1. The first-order valence-electron chi connectivity index (χ1n) is 9.48. The molecule has 0 aromatic rings. The molecule has 158 valence electrons. The minimum atomic E-state index is -5.22. The molecule has 0 aromatic heterocycles. The van der Waals surface area contributed by atoms with Crippen LogP contribution in [0.1, 0.15) is 52.4 Å². The van der Waals surface area contributed by atoms with Crippen LogP contribution in [0.3, 0.4) is 0 Å². The van der Waals surface area contributed by atoms with Gasteiger partial charge in [-0.2, -0.15) is 17.5 Å². The van der Waals surface area contributed by atoms with E-state index in [0.717, 1.165) is 25.7 Å². The summed E-state index contributed by atoms with van der Waals surface area (Å²) in [6.45, 7) is 4.93. The monoisotopic (exact) mass is 412 g/mol. The van der Waals surface area contributed by atoms with Gasteiger partial charge in [-0.25, -0.2) is 8.42 Å². The van der Waals surface area contributed by atoms with Gasteiger partial charge in [-0.1, -0.05) is 13.8 Å². The lowest BCUT2D eigenvalue weighted by atomic mass is 9.75. The van der Waals surface area contributed by atoms with E-state index in [2.05, 4.69) is 29.5 Å². The van der Waals surface area contributed by atoms with Crippen LogP contribution in [0.15, 0.2) is 4.99 Å². The molecular formula is C17H31F3N4O2S. The van der Waals surface area contributed by atoms with E-state index in [1.165, 1.54) is 0 Å². The Bertz CT molecular complexity index is 617. The van der Waals surface area contributed by atoms with Crippen LogP contribution in [0.5, 0.6) is 0 Å². The van der Waals surface area contributed by atoms with Crippen LogP contribution in [0.4, 0.5) is 13.2 Å². The lowest BCUT2D eigenvalue weighted by Gasteiger charge is -2.35. The average molecular weight is 413 g/mol. The zero-order chi connectivity index (χ0) is 20.3. The zero-order valence-electron chi connectivity index (χ0n) is 16.3. The van der Waals surface area contributed by atoms with Crippen molar-refractivity contribution in [3.05, 3.63) is 0 Å². The van der Waals surface area contributed by atoms with Crippen molar-refractivity contribution in [2.45, 2.75) is 63.9 Å². The Morgan fingerprint density at radius 3 is 2.19 bits per heavy atom. The first-order chi connectivity index (χ1) is 12.4. The molecule has 1 saturated carbocycles. The molecule has 0 bridgehead atoms. The number of nitrogens with one attached hydrogen (secondary N) is 2. The summed E-state index contributed by atoms with van der Waals surface area (Å²) in [7, 11) is -3.52. The predicted octanol–water partition coefficient (Wildman–Crippen LogP) is 2.68. The minimum Gasteiger partial charge on any atom is -0.356 e. The summed E-state index contributed by atoms with van der Waals surface area (Å²) in [4.78, 5) is 4.23. The summed E-state index contributed by atoms with van der Waals surface area (Å²) in [5, 5.41) is 6.66. The predicted molar refractivity (Wildman–Crippen MR) is 99.8 cm³/mol. The van der Waals surface area contributed by atoms with Gasteiger partial charge in [0.15, 0.2) is 5.96 Å². The number of guanidine groups is 1. The van der Waals surface area contributed by atoms with Crippen LogP contribution in [0, 0.1) is 11.3 Å². The van der Waals surface area contributed by atoms with Crippen LogP contribution in [-0.4, -0.2) is 56.9 Å². The SMILES string of the molecule is CN=C(NCC1CCN(S(=O)(=O)C(F)(F)F)CC1)NC1CCC(C)(C)CC1. The van der Waals surface area contributed by atoms with Gasteiger partial charge in [0.25, 0.3) is 0 Å². The number of hydrogen-bond donors (Lipinski definition) is 2. The molecule has 0 unspecified atom stereocenters. The van der Waals surface area contributed by atoms with Crippen molar-refractivity contribution < 1.29 is 21.6 Å². The summed E-state index contributed by atoms with van der Waals surface area (Å²) in [5.41, 5.74) is -4.83. The number of nitrogens with zero attached hydrogens (tertiary/aromatic N) is 2. The molecule has 2 rings (SSSR count). The number of rotatable bonds is 4. The quantitative estimate of drug-likeness (QED) is 0.550. The van der Waals surface area contributed by atoms with Gasteiger partial charge in [0.2, 0.25) is 0 Å². The largest absolute Gasteiger partial charge is 0.511 e. The lowest BCUT2D eigenvalue weighted by Crippen LogP contribution is -2.49. The topological polar surface area (TPSA) is 73.8 Å². The van der Waals surface area contributed by atoms with Crippen molar-refractivity contribution >= 4 is 16.0 Å². The van der Waals surface area contributed by atoms with Crippen molar-refractivity contribution in [3.63, 3.8) is 0 Å². The molecular weight excluding hydrogens is 381 g/mol. The van der Waals surface area contributed by atoms with E-state index in [4.69, 9.17) is 0 Å². The van der Waals surface area contributed by atoms with Crippen LogP contribution in [-0.2, 0) is 10.0 Å². The molecule has 2 aliphatic rings. The van der Waals surface area contributed by atoms with Crippen LogP contribution in [0.2, 0.25) is 0 Å². The molecule has 1 saturated heterocycles. The molecule has 0 aromatic carbocycles. The number of halogens is 3. The van der Waals surface area contributed by atoms with Crippen molar-refractivity contribution in [3.8, 4) is 0 Å². The van der Waals surface area contributed by atoms with E-state index in [0.29, 0.717) is 41.1 Å².